The van der Waals surface area contributed by atoms with Crippen molar-refractivity contribution in [1.29, 1.82) is 0 Å². The molecule has 3 aliphatic rings. The van der Waals surface area contributed by atoms with E-state index in [4.69, 9.17) is 11.6 Å². The van der Waals surface area contributed by atoms with Gasteiger partial charge in [0.05, 0.1) is 6.04 Å². The summed E-state index contributed by atoms with van der Waals surface area (Å²) in [5, 5.41) is 0.437. The molecule has 40 heavy (non-hydrogen) atoms. The number of halogens is 2. The minimum Gasteiger partial charge on any atom is -0.352 e. The van der Waals surface area contributed by atoms with Crippen molar-refractivity contribution in [3.8, 4) is 0 Å². The van der Waals surface area contributed by atoms with Crippen molar-refractivity contribution >= 4 is 40.7 Å². The van der Waals surface area contributed by atoms with Crippen molar-refractivity contribution in [3.63, 3.8) is 0 Å². The standard InChI is InChI=1S/C34H23ClFNO3/c1-19-9-11-20(12-10-19)31(38)30-29(22-5-4-6-23(35)17-22)34(32(39)25-7-2-3-8-26(25)33(34)40)28-16-13-21-18-24(36)14-15-27(21)37(28)30/h2-18,28-30H,1H3/t28-,29-,30+/m0/s1. The van der Waals surface area contributed by atoms with Gasteiger partial charge in [-0.1, -0.05) is 90.0 Å². The number of hydrogen-bond acceptors (Lipinski definition) is 4. The summed E-state index contributed by atoms with van der Waals surface area (Å²) in [6.45, 7) is 1.94. The number of fused-ring (bicyclic) bond motifs is 5. The van der Waals surface area contributed by atoms with Gasteiger partial charge in [-0.2, -0.15) is 0 Å². The van der Waals surface area contributed by atoms with Crippen LogP contribution in [-0.4, -0.2) is 29.4 Å². The lowest BCUT2D eigenvalue weighted by atomic mass is 9.64. The lowest BCUT2D eigenvalue weighted by Crippen LogP contribution is -2.48. The lowest BCUT2D eigenvalue weighted by Gasteiger charge is -2.37. The normalized spacial score (nSPS) is 21.9. The second-order valence-electron chi connectivity index (χ2n) is 10.7. The zero-order valence-corrected chi connectivity index (χ0v) is 22.2. The van der Waals surface area contributed by atoms with Gasteiger partial charge < -0.3 is 4.90 Å². The van der Waals surface area contributed by atoms with E-state index in [1.54, 1.807) is 72.8 Å². The highest BCUT2D eigenvalue weighted by Crippen LogP contribution is 2.61. The lowest BCUT2D eigenvalue weighted by molar-refractivity contribution is 0.0666. The number of aryl methyl sites for hydroxylation is 1. The van der Waals surface area contributed by atoms with Crippen molar-refractivity contribution in [2.75, 3.05) is 4.90 Å². The molecule has 1 aliphatic carbocycles. The fourth-order valence-electron chi connectivity index (χ4n) is 6.91. The molecule has 0 N–H and O–H groups in total. The first-order chi connectivity index (χ1) is 19.3. The van der Waals surface area contributed by atoms with Crippen LogP contribution < -0.4 is 4.90 Å². The van der Waals surface area contributed by atoms with E-state index >= 15 is 0 Å². The third-order valence-corrected chi connectivity index (χ3v) is 8.81. The molecule has 7 rings (SSSR count). The van der Waals surface area contributed by atoms with Crippen molar-refractivity contribution in [2.24, 2.45) is 5.41 Å². The molecule has 0 bridgehead atoms. The number of carbonyl (C=O) groups excluding carboxylic acids is 3. The molecule has 0 radical (unpaired) electrons. The van der Waals surface area contributed by atoms with Gasteiger partial charge in [-0.05, 0) is 42.8 Å². The molecule has 4 aromatic carbocycles. The molecule has 196 valence electrons. The first-order valence-electron chi connectivity index (χ1n) is 13.1. The molecule has 0 saturated carbocycles. The Balaban J connectivity index is 1.55. The number of Topliss-reactive ketones (excluding diaryl/α,β-unsaturated/α-hetero) is 3. The molecule has 0 amide bonds. The van der Waals surface area contributed by atoms with Gasteiger partial charge in [0.1, 0.15) is 17.3 Å². The Hall–Kier alpha value is -4.35. The second kappa shape index (κ2) is 8.83. The van der Waals surface area contributed by atoms with E-state index in [-0.39, 0.29) is 17.3 Å². The average Bonchev–Trinajstić information content (AvgIpc) is 3.39. The van der Waals surface area contributed by atoms with Crippen molar-refractivity contribution in [2.45, 2.75) is 24.9 Å². The Kier molecular flexibility index (Phi) is 5.45. The van der Waals surface area contributed by atoms with E-state index in [9.17, 15) is 18.8 Å². The van der Waals surface area contributed by atoms with E-state index in [2.05, 4.69) is 0 Å². The number of hydrogen-bond donors (Lipinski definition) is 0. The SMILES string of the molecule is Cc1ccc(C(=O)[C@H]2[C@H](c3cccc(Cl)c3)C3(C(=O)c4ccccc4C3=O)[C@@H]3C=Cc4cc(F)ccc4N32)cc1. The molecular weight excluding hydrogens is 525 g/mol. The molecule has 4 nitrogen and oxygen atoms in total. The number of anilines is 1. The van der Waals surface area contributed by atoms with E-state index in [1.165, 1.54) is 12.1 Å². The quantitative estimate of drug-likeness (QED) is 0.203. The van der Waals surface area contributed by atoms with E-state index < -0.39 is 29.2 Å². The Morgan fingerprint density at radius 1 is 0.875 bits per heavy atom. The minimum absolute atomic E-state index is 0.228. The van der Waals surface area contributed by atoms with Crippen LogP contribution in [0.3, 0.4) is 0 Å². The zero-order valence-electron chi connectivity index (χ0n) is 21.5. The number of rotatable bonds is 3. The van der Waals surface area contributed by atoms with Gasteiger partial charge in [-0.3, -0.25) is 14.4 Å². The largest absolute Gasteiger partial charge is 0.352 e. The van der Waals surface area contributed by atoms with Gasteiger partial charge in [-0.15, -0.1) is 0 Å². The van der Waals surface area contributed by atoms with Gasteiger partial charge in [0, 0.05) is 38.9 Å². The molecule has 0 unspecified atom stereocenters. The fraction of sp³-hybridized carbons (Fsp3) is 0.147. The second-order valence-corrected chi connectivity index (χ2v) is 11.1. The monoisotopic (exact) mass is 547 g/mol. The van der Waals surface area contributed by atoms with E-state index in [1.807, 2.05) is 30.0 Å². The van der Waals surface area contributed by atoms with Crippen LogP contribution >= 0.6 is 11.6 Å². The summed E-state index contributed by atoms with van der Waals surface area (Å²) < 4.78 is 14.3. The predicted molar refractivity (Wildman–Crippen MR) is 153 cm³/mol. The summed E-state index contributed by atoms with van der Waals surface area (Å²) in [5.74, 6) is -2.14. The first-order valence-corrected chi connectivity index (χ1v) is 13.5. The summed E-state index contributed by atoms with van der Waals surface area (Å²) in [4.78, 5) is 45.6. The summed E-state index contributed by atoms with van der Waals surface area (Å²) in [6.07, 6.45) is 3.53. The average molecular weight is 548 g/mol. The highest BCUT2D eigenvalue weighted by Gasteiger charge is 2.71. The van der Waals surface area contributed by atoms with Crippen LogP contribution in [0.5, 0.6) is 0 Å². The van der Waals surface area contributed by atoms with Crippen LogP contribution in [-0.2, 0) is 0 Å². The van der Waals surface area contributed by atoms with Crippen LogP contribution in [0.25, 0.3) is 6.08 Å². The smallest absolute Gasteiger partial charge is 0.185 e. The number of benzene rings is 4. The maximum absolute atomic E-state index is 14.6. The highest BCUT2D eigenvalue weighted by molar-refractivity contribution is 6.32. The molecule has 6 heteroatoms. The molecule has 1 spiro atoms. The van der Waals surface area contributed by atoms with Crippen LogP contribution in [0, 0.1) is 18.2 Å². The topological polar surface area (TPSA) is 54.5 Å². The zero-order chi connectivity index (χ0) is 27.8. The summed E-state index contributed by atoms with van der Waals surface area (Å²) >= 11 is 6.47. The van der Waals surface area contributed by atoms with E-state index in [0.717, 1.165) is 5.56 Å². The molecule has 3 atom stereocenters. The molecule has 2 heterocycles. The third-order valence-electron chi connectivity index (χ3n) is 8.58. The number of carbonyl (C=O) groups is 3. The Labute approximate surface area is 235 Å². The van der Waals surface area contributed by atoms with Crippen molar-refractivity contribution in [3.05, 3.63) is 141 Å². The molecule has 4 aromatic rings. The van der Waals surface area contributed by atoms with Gasteiger partial charge in [0.15, 0.2) is 17.3 Å². The maximum atomic E-state index is 14.6. The third kappa shape index (κ3) is 3.28. The van der Waals surface area contributed by atoms with Gasteiger partial charge in [0.2, 0.25) is 0 Å². The Morgan fingerprint density at radius 2 is 1.57 bits per heavy atom. The first kappa shape index (κ1) is 24.7. The van der Waals surface area contributed by atoms with Gasteiger partial charge in [-0.25, -0.2) is 4.39 Å². The fourth-order valence-corrected chi connectivity index (χ4v) is 7.11. The van der Waals surface area contributed by atoms with Crippen LogP contribution in [0.2, 0.25) is 5.02 Å². The predicted octanol–water partition coefficient (Wildman–Crippen LogP) is 7.10. The van der Waals surface area contributed by atoms with Crippen molar-refractivity contribution < 1.29 is 18.8 Å². The molecule has 0 aromatic heterocycles. The van der Waals surface area contributed by atoms with Gasteiger partial charge >= 0.3 is 0 Å². The summed E-state index contributed by atoms with van der Waals surface area (Å²) in [6, 6.07) is 23.8. The molecular formula is C34H23ClFNO3. The molecule has 1 saturated heterocycles. The summed E-state index contributed by atoms with van der Waals surface area (Å²) in [7, 11) is 0. The number of ketones is 3. The van der Waals surface area contributed by atoms with Crippen LogP contribution in [0.4, 0.5) is 10.1 Å². The number of nitrogens with zero attached hydrogens (tertiary/aromatic N) is 1. The minimum atomic E-state index is -1.62. The molecule has 1 fully saturated rings. The molecule has 2 aliphatic heterocycles. The van der Waals surface area contributed by atoms with E-state index in [0.29, 0.717) is 38.5 Å². The Bertz CT molecular complexity index is 1740. The Morgan fingerprint density at radius 3 is 2.25 bits per heavy atom. The summed E-state index contributed by atoms with van der Waals surface area (Å²) in [5.41, 5.74) is 2.34. The maximum Gasteiger partial charge on any atom is 0.185 e. The van der Waals surface area contributed by atoms with Crippen LogP contribution in [0.15, 0.2) is 97.1 Å². The highest BCUT2D eigenvalue weighted by atomic mass is 35.5. The van der Waals surface area contributed by atoms with Gasteiger partial charge in [0.25, 0.3) is 0 Å². The van der Waals surface area contributed by atoms with Crippen LogP contribution in [0.1, 0.15) is 53.7 Å². The van der Waals surface area contributed by atoms with Crippen molar-refractivity contribution in [1.82, 2.24) is 0 Å².